The summed E-state index contributed by atoms with van der Waals surface area (Å²) in [6.45, 7) is -0.163. The molecule has 0 saturated carbocycles. The smallest absolute Gasteiger partial charge is 0.261 e. The molecule has 0 aliphatic carbocycles. The predicted molar refractivity (Wildman–Crippen MR) is 165 cm³/mol. The number of carbonyl (C=O) groups is 3. The Labute approximate surface area is 263 Å². The number of amides is 3. The van der Waals surface area contributed by atoms with Gasteiger partial charge >= 0.3 is 0 Å². The van der Waals surface area contributed by atoms with Crippen LogP contribution in [-0.4, -0.2) is 66.6 Å². The van der Waals surface area contributed by atoms with Gasteiger partial charge in [-0.2, -0.15) is 0 Å². The van der Waals surface area contributed by atoms with Crippen LogP contribution in [0.2, 0.25) is 0 Å². The fourth-order valence-electron chi connectivity index (χ4n) is 5.57. The van der Waals surface area contributed by atoms with Crippen LogP contribution in [0.4, 0.5) is 4.39 Å². The van der Waals surface area contributed by atoms with Crippen molar-refractivity contribution in [2.45, 2.75) is 25.1 Å². The molecule has 3 N–H and O–H groups in total. The fraction of sp³-hybridized carbons (Fsp3) is 0.235. The second-order valence-electron chi connectivity index (χ2n) is 11.0. The predicted octanol–water partition coefficient (Wildman–Crippen LogP) is 3.29. The number of ether oxygens (including phenoxy) is 3. The zero-order valence-corrected chi connectivity index (χ0v) is 24.9. The lowest BCUT2D eigenvalue weighted by Gasteiger charge is -2.38. The van der Waals surface area contributed by atoms with Gasteiger partial charge in [-0.15, -0.1) is 0 Å². The number of hydrogen-bond acceptors (Lipinski definition) is 7. The Hall–Kier alpha value is -5.65. The van der Waals surface area contributed by atoms with E-state index in [0.717, 1.165) is 5.56 Å². The minimum Gasteiger partial charge on any atom is -0.493 e. The van der Waals surface area contributed by atoms with E-state index in [1.807, 2.05) is 30.3 Å². The lowest BCUT2D eigenvalue weighted by molar-refractivity contribution is -0.125. The van der Waals surface area contributed by atoms with Crippen molar-refractivity contribution in [1.82, 2.24) is 20.5 Å². The molecule has 1 fully saturated rings. The molecule has 4 bridgehead atoms. The summed E-state index contributed by atoms with van der Waals surface area (Å²) in [6.07, 6.45) is -0.377. The Balaban J connectivity index is 1.27. The highest BCUT2D eigenvalue weighted by Gasteiger charge is 2.35. The molecule has 236 valence electrons. The molecule has 0 unspecified atom stereocenters. The first kappa shape index (κ1) is 30.4. The number of piperidine rings is 1. The van der Waals surface area contributed by atoms with Crippen LogP contribution in [-0.2, 0) is 11.3 Å². The van der Waals surface area contributed by atoms with E-state index in [9.17, 15) is 23.6 Å². The number of pyridine rings is 1. The minimum absolute atomic E-state index is 0.0200. The Morgan fingerprint density at radius 2 is 1.80 bits per heavy atom. The Morgan fingerprint density at radius 1 is 0.978 bits per heavy atom. The van der Waals surface area contributed by atoms with Crippen LogP contribution in [0.3, 0.4) is 0 Å². The number of H-pyrrole nitrogens is 1. The van der Waals surface area contributed by atoms with Crippen molar-refractivity contribution in [1.29, 1.82) is 0 Å². The van der Waals surface area contributed by atoms with Crippen molar-refractivity contribution in [3.05, 3.63) is 112 Å². The van der Waals surface area contributed by atoms with Gasteiger partial charge in [0.15, 0.2) is 18.1 Å². The summed E-state index contributed by atoms with van der Waals surface area (Å²) in [6, 6.07) is 20.4. The van der Waals surface area contributed by atoms with Gasteiger partial charge in [0, 0.05) is 43.4 Å². The molecule has 3 heterocycles. The molecule has 0 radical (unpaired) electrons. The first-order valence-electron chi connectivity index (χ1n) is 14.7. The average Bonchev–Trinajstić information content (AvgIpc) is 3.06. The van der Waals surface area contributed by atoms with Gasteiger partial charge < -0.3 is 34.7 Å². The van der Waals surface area contributed by atoms with Gasteiger partial charge in [-0.1, -0.05) is 30.3 Å². The lowest BCUT2D eigenvalue weighted by Crippen LogP contribution is -2.59. The van der Waals surface area contributed by atoms with Crippen LogP contribution in [0.15, 0.2) is 83.7 Å². The molecule has 6 rings (SSSR count). The van der Waals surface area contributed by atoms with E-state index in [1.54, 1.807) is 24.3 Å². The molecule has 2 aliphatic heterocycles. The highest BCUT2D eigenvalue weighted by molar-refractivity contribution is 5.95. The number of likely N-dealkylation sites (tertiary alicyclic amines) is 1. The van der Waals surface area contributed by atoms with Gasteiger partial charge in [-0.3, -0.25) is 19.2 Å². The molecule has 3 amide bonds. The maximum Gasteiger partial charge on any atom is 0.261 e. The van der Waals surface area contributed by atoms with Crippen LogP contribution in [0, 0.1) is 5.82 Å². The van der Waals surface area contributed by atoms with E-state index in [0.29, 0.717) is 17.0 Å². The molecule has 4 aromatic rings. The number of methoxy groups -OCH3 is 1. The van der Waals surface area contributed by atoms with Gasteiger partial charge in [-0.05, 0) is 53.6 Å². The van der Waals surface area contributed by atoms with Crippen molar-refractivity contribution >= 4 is 17.7 Å². The summed E-state index contributed by atoms with van der Waals surface area (Å²) in [5.41, 5.74) is 1.53. The number of hydrogen-bond donors (Lipinski definition) is 3. The summed E-state index contributed by atoms with van der Waals surface area (Å²) in [4.78, 5) is 56.8. The summed E-state index contributed by atoms with van der Waals surface area (Å²) in [5.74, 6) is -1.31. The van der Waals surface area contributed by atoms with Crippen molar-refractivity contribution in [3.8, 4) is 28.5 Å². The SMILES string of the molecule is COc1ccc2cc1OCC(=O)N[C@@H]1CN(C(=O)c3ccc(-c4ccccc4)[nH]c3=O)CC[C@@H]1Oc1cc(F)cc(c1)CNC2=O. The molecule has 46 heavy (non-hydrogen) atoms. The number of aromatic amines is 1. The maximum atomic E-state index is 14.6. The van der Waals surface area contributed by atoms with Gasteiger partial charge in [0.2, 0.25) is 0 Å². The second kappa shape index (κ2) is 13.1. The molecular weight excluding hydrogens is 595 g/mol. The Bertz CT molecular complexity index is 1850. The topological polar surface area (TPSA) is 139 Å². The monoisotopic (exact) mass is 626 g/mol. The molecule has 0 spiro atoms. The van der Waals surface area contributed by atoms with E-state index in [1.165, 1.54) is 36.3 Å². The molecule has 1 saturated heterocycles. The maximum absolute atomic E-state index is 14.6. The number of halogens is 1. The molecule has 11 nitrogen and oxygen atoms in total. The third-order valence-corrected chi connectivity index (χ3v) is 7.86. The number of nitrogens with zero attached hydrogens (tertiary/aromatic N) is 1. The van der Waals surface area contributed by atoms with E-state index >= 15 is 0 Å². The first-order chi connectivity index (χ1) is 22.3. The molecule has 3 aromatic carbocycles. The number of fused-ring (bicyclic) bond motifs is 5. The number of rotatable bonds is 3. The molecule has 1 aromatic heterocycles. The summed E-state index contributed by atoms with van der Waals surface area (Å²) < 4.78 is 31.9. The minimum atomic E-state index is -0.732. The van der Waals surface area contributed by atoms with Crippen molar-refractivity contribution in [3.63, 3.8) is 0 Å². The normalized spacial score (nSPS) is 18.3. The average molecular weight is 627 g/mol. The van der Waals surface area contributed by atoms with E-state index in [2.05, 4.69) is 15.6 Å². The molecular formula is C34H31FN4O7. The summed E-state index contributed by atoms with van der Waals surface area (Å²) in [5, 5.41) is 5.63. The Morgan fingerprint density at radius 3 is 2.59 bits per heavy atom. The van der Waals surface area contributed by atoms with Crippen molar-refractivity contribution < 1.29 is 33.0 Å². The second-order valence-corrected chi connectivity index (χ2v) is 11.0. The molecule has 12 heteroatoms. The summed E-state index contributed by atoms with van der Waals surface area (Å²) in [7, 11) is 1.44. The lowest BCUT2D eigenvalue weighted by atomic mass is 10.0. The van der Waals surface area contributed by atoms with E-state index < -0.39 is 47.9 Å². The Kier molecular flexibility index (Phi) is 8.68. The third-order valence-electron chi connectivity index (χ3n) is 7.86. The van der Waals surface area contributed by atoms with Crippen LogP contribution in [0.1, 0.15) is 32.7 Å². The molecule has 2 aliphatic rings. The van der Waals surface area contributed by atoms with Gasteiger partial charge in [0.05, 0.1) is 13.2 Å². The zero-order valence-electron chi connectivity index (χ0n) is 24.9. The van der Waals surface area contributed by atoms with Crippen molar-refractivity contribution in [2.75, 3.05) is 26.8 Å². The van der Waals surface area contributed by atoms with Crippen LogP contribution >= 0.6 is 0 Å². The summed E-state index contributed by atoms with van der Waals surface area (Å²) >= 11 is 0. The van der Waals surface area contributed by atoms with Gasteiger partial charge in [-0.25, -0.2) is 4.39 Å². The van der Waals surface area contributed by atoms with Gasteiger partial charge in [0.25, 0.3) is 23.3 Å². The van der Waals surface area contributed by atoms with Gasteiger partial charge in [0.1, 0.15) is 23.2 Å². The molecule has 2 atom stereocenters. The van der Waals surface area contributed by atoms with E-state index in [4.69, 9.17) is 14.2 Å². The van der Waals surface area contributed by atoms with Crippen molar-refractivity contribution in [2.24, 2.45) is 0 Å². The largest absolute Gasteiger partial charge is 0.493 e. The standard InChI is InChI=1S/C34H31FN4O7/c1-44-29-10-7-22-15-30(29)45-19-31(40)37-27-18-39(34(43)25-8-9-26(38-33(25)42)21-5-3-2-4-6-21)12-11-28(27)46-24-14-20(13-23(35)16-24)17-36-32(22)41/h2-10,13-16,27-28H,11-12,17-19H2,1H3,(H,36,41)(H,37,40)(H,38,42)/t27-,28+/m1/s1. The van der Waals surface area contributed by atoms with Crippen LogP contribution in [0.25, 0.3) is 11.3 Å². The zero-order chi connectivity index (χ0) is 32.2. The van der Waals surface area contributed by atoms with Crippen LogP contribution < -0.4 is 30.4 Å². The highest BCUT2D eigenvalue weighted by atomic mass is 19.1. The fourth-order valence-corrected chi connectivity index (χ4v) is 5.57. The third kappa shape index (κ3) is 6.70. The number of nitrogens with one attached hydrogen (secondary N) is 3. The number of carbonyl (C=O) groups excluding carboxylic acids is 3. The highest BCUT2D eigenvalue weighted by Crippen LogP contribution is 2.29. The van der Waals surface area contributed by atoms with Crippen LogP contribution in [0.5, 0.6) is 17.2 Å². The quantitative estimate of drug-likeness (QED) is 0.317. The first-order valence-corrected chi connectivity index (χ1v) is 14.7. The van der Waals surface area contributed by atoms with E-state index in [-0.39, 0.29) is 48.7 Å². The number of benzene rings is 3. The number of aromatic nitrogens is 1.